The molecule has 2 N–H and O–H groups in total. The number of benzene rings is 2. The average molecular weight is 264 g/mol. The summed E-state index contributed by atoms with van der Waals surface area (Å²) in [5.41, 5.74) is 2.77. The van der Waals surface area contributed by atoms with Crippen LogP contribution in [0.3, 0.4) is 0 Å². The third-order valence-corrected chi connectivity index (χ3v) is 2.73. The number of amides is 1. The van der Waals surface area contributed by atoms with Gasteiger partial charge in [0, 0.05) is 29.9 Å². The van der Waals surface area contributed by atoms with Gasteiger partial charge in [0.25, 0.3) is 0 Å². The zero-order valence-corrected chi connectivity index (χ0v) is 11.1. The van der Waals surface area contributed by atoms with Gasteiger partial charge in [-0.25, -0.2) is 0 Å². The van der Waals surface area contributed by atoms with E-state index in [4.69, 9.17) is 6.42 Å². The Labute approximate surface area is 119 Å². The van der Waals surface area contributed by atoms with Gasteiger partial charge in [-0.15, -0.1) is 12.3 Å². The second-order valence-electron chi connectivity index (χ2n) is 4.32. The van der Waals surface area contributed by atoms with E-state index in [0.29, 0.717) is 12.8 Å². The van der Waals surface area contributed by atoms with Crippen LogP contribution in [0.5, 0.6) is 0 Å². The molecule has 0 bridgehead atoms. The maximum Gasteiger partial charge on any atom is 0.225 e. The van der Waals surface area contributed by atoms with E-state index in [1.165, 1.54) is 0 Å². The first kappa shape index (κ1) is 13.7. The molecular weight excluding hydrogens is 248 g/mol. The van der Waals surface area contributed by atoms with Crippen LogP contribution in [0.15, 0.2) is 54.6 Å². The minimum atomic E-state index is -0.0632. The highest BCUT2D eigenvalue weighted by Gasteiger charge is 2.01. The van der Waals surface area contributed by atoms with E-state index < -0.39 is 0 Å². The Hall–Kier alpha value is -2.73. The van der Waals surface area contributed by atoms with Crippen LogP contribution < -0.4 is 10.6 Å². The predicted octanol–water partition coefficient (Wildman–Crippen LogP) is 3.78. The van der Waals surface area contributed by atoms with Gasteiger partial charge in [0.1, 0.15) is 0 Å². The van der Waals surface area contributed by atoms with Gasteiger partial charge in [0.15, 0.2) is 0 Å². The first-order valence-electron chi connectivity index (χ1n) is 6.43. The highest BCUT2D eigenvalue weighted by molar-refractivity contribution is 5.91. The Morgan fingerprint density at radius 1 is 0.950 bits per heavy atom. The highest BCUT2D eigenvalue weighted by Crippen LogP contribution is 2.18. The molecule has 0 spiro atoms. The third-order valence-electron chi connectivity index (χ3n) is 2.73. The molecule has 0 aliphatic carbocycles. The molecule has 1 amide bonds. The van der Waals surface area contributed by atoms with Crippen LogP contribution in [0.1, 0.15) is 12.8 Å². The second kappa shape index (κ2) is 7.01. The largest absolute Gasteiger partial charge is 0.356 e. The first-order chi connectivity index (χ1) is 9.78. The zero-order valence-electron chi connectivity index (χ0n) is 11.1. The Bertz CT molecular complexity index is 597. The van der Waals surface area contributed by atoms with E-state index in [0.717, 1.165) is 17.1 Å². The van der Waals surface area contributed by atoms with E-state index in [9.17, 15) is 4.79 Å². The number of nitrogens with one attached hydrogen (secondary N) is 2. The quantitative estimate of drug-likeness (QED) is 0.807. The number of terminal acetylenes is 1. The molecule has 2 rings (SSSR count). The fourth-order valence-electron chi connectivity index (χ4n) is 1.73. The van der Waals surface area contributed by atoms with Crippen molar-refractivity contribution in [2.24, 2.45) is 0 Å². The summed E-state index contributed by atoms with van der Waals surface area (Å²) in [6, 6.07) is 17.5. The average Bonchev–Trinajstić information content (AvgIpc) is 2.48. The van der Waals surface area contributed by atoms with Crippen LogP contribution in [-0.4, -0.2) is 5.91 Å². The fourth-order valence-corrected chi connectivity index (χ4v) is 1.73. The number of carbonyl (C=O) groups is 1. The molecule has 3 heteroatoms. The van der Waals surface area contributed by atoms with Gasteiger partial charge in [-0.05, 0) is 36.4 Å². The van der Waals surface area contributed by atoms with Crippen molar-refractivity contribution in [2.45, 2.75) is 12.8 Å². The number of para-hydroxylation sites is 1. The topological polar surface area (TPSA) is 41.1 Å². The van der Waals surface area contributed by atoms with Crippen molar-refractivity contribution in [3.63, 3.8) is 0 Å². The standard InChI is InChI=1S/C17H16N2O/c1-2-3-9-17(20)19-16-12-10-15(11-13-16)18-14-7-5-4-6-8-14/h1,4-8,10-13,18H,3,9H2,(H,19,20). The molecule has 3 nitrogen and oxygen atoms in total. The summed E-state index contributed by atoms with van der Waals surface area (Å²) < 4.78 is 0. The molecule has 0 fully saturated rings. The van der Waals surface area contributed by atoms with Crippen molar-refractivity contribution in [1.82, 2.24) is 0 Å². The van der Waals surface area contributed by atoms with E-state index in [-0.39, 0.29) is 5.91 Å². The van der Waals surface area contributed by atoms with Gasteiger partial charge >= 0.3 is 0 Å². The molecule has 0 radical (unpaired) electrons. The van der Waals surface area contributed by atoms with Crippen LogP contribution >= 0.6 is 0 Å². The summed E-state index contributed by atoms with van der Waals surface area (Å²) in [5, 5.41) is 6.09. The Morgan fingerprint density at radius 2 is 1.55 bits per heavy atom. The Balaban J connectivity index is 1.93. The molecule has 0 aromatic heterocycles. The first-order valence-corrected chi connectivity index (χ1v) is 6.43. The van der Waals surface area contributed by atoms with E-state index in [1.807, 2.05) is 54.6 Å². The van der Waals surface area contributed by atoms with Crippen LogP contribution in [-0.2, 0) is 4.79 Å². The minimum Gasteiger partial charge on any atom is -0.356 e. The molecule has 0 unspecified atom stereocenters. The number of hydrogen-bond donors (Lipinski definition) is 2. The van der Waals surface area contributed by atoms with Crippen molar-refractivity contribution in [1.29, 1.82) is 0 Å². The molecule has 20 heavy (non-hydrogen) atoms. The molecule has 0 atom stereocenters. The maximum atomic E-state index is 11.5. The Morgan fingerprint density at radius 3 is 2.20 bits per heavy atom. The zero-order chi connectivity index (χ0) is 14.2. The normalized spacial score (nSPS) is 9.55. The van der Waals surface area contributed by atoms with E-state index in [2.05, 4.69) is 16.6 Å². The maximum absolute atomic E-state index is 11.5. The summed E-state index contributed by atoms with van der Waals surface area (Å²) in [6.07, 6.45) is 5.93. The van der Waals surface area contributed by atoms with E-state index >= 15 is 0 Å². The van der Waals surface area contributed by atoms with Gasteiger partial charge in [0.2, 0.25) is 5.91 Å². The van der Waals surface area contributed by atoms with Crippen molar-refractivity contribution >= 4 is 23.0 Å². The van der Waals surface area contributed by atoms with Crippen LogP contribution in [0.4, 0.5) is 17.1 Å². The van der Waals surface area contributed by atoms with Gasteiger partial charge in [0.05, 0.1) is 0 Å². The monoisotopic (exact) mass is 264 g/mol. The molecule has 0 aliphatic rings. The van der Waals surface area contributed by atoms with Crippen LogP contribution in [0, 0.1) is 12.3 Å². The number of hydrogen-bond acceptors (Lipinski definition) is 2. The van der Waals surface area contributed by atoms with Gasteiger partial charge in [-0.1, -0.05) is 18.2 Å². The SMILES string of the molecule is C#CCCC(=O)Nc1ccc(Nc2ccccc2)cc1. The highest BCUT2D eigenvalue weighted by atomic mass is 16.1. The summed E-state index contributed by atoms with van der Waals surface area (Å²) >= 11 is 0. The lowest BCUT2D eigenvalue weighted by atomic mass is 10.2. The molecule has 0 saturated heterocycles. The van der Waals surface area contributed by atoms with E-state index in [1.54, 1.807) is 0 Å². The second-order valence-corrected chi connectivity index (χ2v) is 4.32. The molecule has 0 heterocycles. The third kappa shape index (κ3) is 4.18. The molecular formula is C17H16N2O. The van der Waals surface area contributed by atoms with Gasteiger partial charge in [-0.2, -0.15) is 0 Å². The lowest BCUT2D eigenvalue weighted by Crippen LogP contribution is -2.10. The predicted molar refractivity (Wildman–Crippen MR) is 82.9 cm³/mol. The number of anilines is 3. The van der Waals surface area contributed by atoms with Crippen molar-refractivity contribution in [3.8, 4) is 12.3 Å². The molecule has 2 aromatic rings. The number of carbonyl (C=O) groups excluding carboxylic acids is 1. The summed E-state index contributed by atoms with van der Waals surface area (Å²) in [7, 11) is 0. The molecule has 2 aromatic carbocycles. The molecule has 100 valence electrons. The summed E-state index contributed by atoms with van der Waals surface area (Å²) in [6.45, 7) is 0. The summed E-state index contributed by atoms with van der Waals surface area (Å²) in [4.78, 5) is 11.5. The summed E-state index contributed by atoms with van der Waals surface area (Å²) in [5.74, 6) is 2.39. The lowest BCUT2D eigenvalue weighted by molar-refractivity contribution is -0.116. The van der Waals surface area contributed by atoms with Crippen LogP contribution in [0.25, 0.3) is 0 Å². The fraction of sp³-hybridized carbons (Fsp3) is 0.118. The van der Waals surface area contributed by atoms with Gasteiger partial charge < -0.3 is 10.6 Å². The van der Waals surface area contributed by atoms with Crippen molar-refractivity contribution in [3.05, 3.63) is 54.6 Å². The van der Waals surface area contributed by atoms with Gasteiger partial charge in [-0.3, -0.25) is 4.79 Å². The number of rotatable bonds is 5. The minimum absolute atomic E-state index is 0.0632. The van der Waals surface area contributed by atoms with Crippen molar-refractivity contribution in [2.75, 3.05) is 10.6 Å². The smallest absolute Gasteiger partial charge is 0.225 e. The van der Waals surface area contributed by atoms with Crippen molar-refractivity contribution < 1.29 is 4.79 Å². The molecule has 0 aliphatic heterocycles. The Kier molecular flexibility index (Phi) is 4.80. The van der Waals surface area contributed by atoms with Crippen LogP contribution in [0.2, 0.25) is 0 Å². The molecule has 0 saturated carbocycles. The lowest BCUT2D eigenvalue weighted by Gasteiger charge is -2.08.